The van der Waals surface area contributed by atoms with Crippen molar-refractivity contribution in [1.29, 1.82) is 0 Å². The number of benzene rings is 3. The summed E-state index contributed by atoms with van der Waals surface area (Å²) < 4.78 is 13.1. The number of hydrogen-bond acceptors (Lipinski definition) is 3. The standard InChI is InChI=1S/C22H15FN2O3/c23-16-11-9-14(10-12-16)13-15-5-1-2-6-17(15)20(26)24-25-21(27)18-7-3-4-8-19(18)22(25)28/h1-12H,13H2,(H,24,26). The zero-order chi connectivity index (χ0) is 19.7. The van der Waals surface area contributed by atoms with Crippen molar-refractivity contribution in [1.82, 2.24) is 10.4 Å². The van der Waals surface area contributed by atoms with Gasteiger partial charge in [0.05, 0.1) is 11.1 Å². The van der Waals surface area contributed by atoms with E-state index in [0.29, 0.717) is 17.5 Å². The lowest BCUT2D eigenvalue weighted by Crippen LogP contribution is -2.46. The Morgan fingerprint density at radius 1 is 0.821 bits per heavy atom. The number of hydrazine groups is 1. The number of amides is 3. The summed E-state index contributed by atoms with van der Waals surface area (Å²) >= 11 is 0. The summed E-state index contributed by atoms with van der Waals surface area (Å²) in [6.07, 6.45) is 0.409. The first-order chi connectivity index (χ1) is 13.5. The molecule has 6 heteroatoms. The van der Waals surface area contributed by atoms with E-state index in [9.17, 15) is 18.8 Å². The molecule has 3 amide bonds. The molecule has 1 aliphatic heterocycles. The van der Waals surface area contributed by atoms with E-state index in [-0.39, 0.29) is 16.9 Å². The number of nitrogens with zero attached hydrogens (tertiary/aromatic N) is 1. The van der Waals surface area contributed by atoms with Gasteiger partial charge in [0.1, 0.15) is 5.82 Å². The molecule has 0 radical (unpaired) electrons. The van der Waals surface area contributed by atoms with Crippen molar-refractivity contribution in [3.8, 4) is 0 Å². The number of halogens is 1. The van der Waals surface area contributed by atoms with E-state index < -0.39 is 17.7 Å². The average Bonchev–Trinajstić information content (AvgIpc) is 2.95. The van der Waals surface area contributed by atoms with Crippen LogP contribution in [-0.2, 0) is 6.42 Å². The molecule has 1 aliphatic rings. The molecule has 0 atom stereocenters. The Morgan fingerprint density at radius 3 is 2.04 bits per heavy atom. The summed E-state index contributed by atoms with van der Waals surface area (Å²) in [6.45, 7) is 0. The van der Waals surface area contributed by atoms with E-state index in [4.69, 9.17) is 0 Å². The Labute approximate surface area is 160 Å². The van der Waals surface area contributed by atoms with E-state index in [2.05, 4.69) is 5.43 Å². The van der Waals surface area contributed by atoms with Gasteiger partial charge in [0, 0.05) is 5.56 Å². The normalized spacial score (nSPS) is 12.8. The van der Waals surface area contributed by atoms with Crippen LogP contribution in [0, 0.1) is 5.82 Å². The van der Waals surface area contributed by atoms with Crippen LogP contribution in [0.4, 0.5) is 4.39 Å². The van der Waals surface area contributed by atoms with Crippen LogP contribution >= 0.6 is 0 Å². The number of nitrogens with one attached hydrogen (secondary N) is 1. The third-order valence-corrected chi connectivity index (χ3v) is 4.58. The highest BCUT2D eigenvalue weighted by atomic mass is 19.1. The van der Waals surface area contributed by atoms with E-state index in [0.717, 1.165) is 10.6 Å². The number of carbonyl (C=O) groups excluding carboxylic acids is 3. The highest BCUT2D eigenvalue weighted by molar-refractivity contribution is 6.22. The van der Waals surface area contributed by atoms with Gasteiger partial charge in [-0.25, -0.2) is 4.39 Å². The molecule has 0 aromatic heterocycles. The first-order valence-corrected chi connectivity index (χ1v) is 8.66. The third kappa shape index (κ3) is 3.16. The maximum atomic E-state index is 13.1. The van der Waals surface area contributed by atoms with Gasteiger partial charge in [-0.3, -0.25) is 19.8 Å². The summed E-state index contributed by atoms with van der Waals surface area (Å²) in [5, 5.41) is 0.738. The molecule has 138 valence electrons. The highest BCUT2D eigenvalue weighted by Gasteiger charge is 2.36. The molecule has 1 heterocycles. The number of rotatable bonds is 4. The third-order valence-electron chi connectivity index (χ3n) is 4.58. The zero-order valence-corrected chi connectivity index (χ0v) is 14.7. The summed E-state index contributed by atoms with van der Waals surface area (Å²) in [6, 6.07) is 19.3. The molecular formula is C22H15FN2O3. The van der Waals surface area contributed by atoms with Gasteiger partial charge in [0.25, 0.3) is 17.7 Å². The summed E-state index contributed by atoms with van der Waals surface area (Å²) in [7, 11) is 0. The molecule has 0 bridgehead atoms. The SMILES string of the molecule is O=C(NN1C(=O)c2ccccc2C1=O)c1ccccc1Cc1ccc(F)cc1. The summed E-state index contributed by atoms with van der Waals surface area (Å²) in [5.41, 5.74) is 4.80. The Bertz CT molecular complexity index is 1060. The van der Waals surface area contributed by atoms with Gasteiger partial charge in [0.2, 0.25) is 0 Å². The topological polar surface area (TPSA) is 66.5 Å². The van der Waals surface area contributed by atoms with Crippen LogP contribution < -0.4 is 5.43 Å². The number of fused-ring (bicyclic) bond motifs is 1. The minimum Gasteiger partial charge on any atom is -0.267 e. The molecule has 28 heavy (non-hydrogen) atoms. The quantitative estimate of drug-likeness (QED) is 0.712. The van der Waals surface area contributed by atoms with Gasteiger partial charge in [-0.05, 0) is 47.9 Å². The van der Waals surface area contributed by atoms with Crippen LogP contribution in [0.5, 0.6) is 0 Å². The van der Waals surface area contributed by atoms with E-state index in [1.54, 1.807) is 60.7 Å². The molecule has 4 rings (SSSR count). The molecule has 0 saturated carbocycles. The Kier molecular flexibility index (Phi) is 4.45. The Morgan fingerprint density at radius 2 is 1.39 bits per heavy atom. The van der Waals surface area contributed by atoms with Crippen molar-refractivity contribution >= 4 is 17.7 Å². The van der Waals surface area contributed by atoms with Gasteiger partial charge in [-0.1, -0.05) is 42.5 Å². The molecular weight excluding hydrogens is 359 g/mol. The smallest absolute Gasteiger partial charge is 0.267 e. The van der Waals surface area contributed by atoms with Gasteiger partial charge < -0.3 is 0 Å². The first kappa shape index (κ1) is 17.6. The fraction of sp³-hybridized carbons (Fsp3) is 0.0455. The Balaban J connectivity index is 1.57. The van der Waals surface area contributed by atoms with Crippen molar-refractivity contribution in [3.05, 3.63) is 106 Å². The molecule has 0 aliphatic carbocycles. The van der Waals surface area contributed by atoms with E-state index in [1.165, 1.54) is 12.1 Å². The second kappa shape index (κ2) is 7.08. The summed E-state index contributed by atoms with van der Waals surface area (Å²) in [5.74, 6) is -2.03. The van der Waals surface area contributed by atoms with Crippen molar-refractivity contribution < 1.29 is 18.8 Å². The molecule has 5 nitrogen and oxygen atoms in total. The minimum atomic E-state index is -0.565. The lowest BCUT2D eigenvalue weighted by atomic mass is 9.99. The molecule has 3 aromatic rings. The largest absolute Gasteiger partial charge is 0.280 e. The predicted octanol–water partition coefficient (Wildman–Crippen LogP) is 3.36. The highest BCUT2D eigenvalue weighted by Crippen LogP contribution is 2.21. The zero-order valence-electron chi connectivity index (χ0n) is 14.7. The van der Waals surface area contributed by atoms with Gasteiger partial charge in [-0.2, -0.15) is 5.01 Å². The maximum Gasteiger partial charge on any atom is 0.280 e. The molecule has 0 fully saturated rings. The average molecular weight is 374 g/mol. The van der Waals surface area contributed by atoms with Crippen LogP contribution in [0.3, 0.4) is 0 Å². The van der Waals surface area contributed by atoms with Gasteiger partial charge in [0.15, 0.2) is 0 Å². The van der Waals surface area contributed by atoms with Crippen LogP contribution in [0.1, 0.15) is 42.2 Å². The second-order valence-corrected chi connectivity index (χ2v) is 6.39. The van der Waals surface area contributed by atoms with Crippen molar-refractivity contribution in [2.24, 2.45) is 0 Å². The molecule has 1 N–H and O–H groups in total. The lowest BCUT2D eigenvalue weighted by Gasteiger charge is -2.16. The predicted molar refractivity (Wildman–Crippen MR) is 100 cm³/mol. The Hall–Kier alpha value is -3.80. The van der Waals surface area contributed by atoms with Gasteiger partial charge >= 0.3 is 0 Å². The van der Waals surface area contributed by atoms with E-state index in [1.807, 2.05) is 0 Å². The fourth-order valence-electron chi connectivity index (χ4n) is 3.17. The monoisotopic (exact) mass is 374 g/mol. The first-order valence-electron chi connectivity index (χ1n) is 8.66. The van der Waals surface area contributed by atoms with Crippen LogP contribution in [0.2, 0.25) is 0 Å². The molecule has 3 aromatic carbocycles. The van der Waals surface area contributed by atoms with Crippen LogP contribution in [-0.4, -0.2) is 22.7 Å². The lowest BCUT2D eigenvalue weighted by molar-refractivity contribution is 0.0517. The van der Waals surface area contributed by atoms with Crippen LogP contribution in [0.25, 0.3) is 0 Å². The van der Waals surface area contributed by atoms with Crippen LogP contribution in [0.15, 0.2) is 72.8 Å². The minimum absolute atomic E-state index is 0.257. The number of carbonyl (C=O) groups is 3. The fourth-order valence-corrected chi connectivity index (χ4v) is 3.17. The number of hydrogen-bond donors (Lipinski definition) is 1. The van der Waals surface area contributed by atoms with Gasteiger partial charge in [-0.15, -0.1) is 0 Å². The maximum absolute atomic E-state index is 13.1. The van der Waals surface area contributed by atoms with E-state index >= 15 is 0 Å². The van der Waals surface area contributed by atoms with Crippen molar-refractivity contribution in [2.45, 2.75) is 6.42 Å². The molecule has 0 saturated heterocycles. The second-order valence-electron chi connectivity index (χ2n) is 6.39. The molecule has 0 unspecified atom stereocenters. The molecule has 0 spiro atoms. The number of imide groups is 1. The van der Waals surface area contributed by atoms with Crippen molar-refractivity contribution in [3.63, 3.8) is 0 Å². The van der Waals surface area contributed by atoms with Crippen molar-refractivity contribution in [2.75, 3.05) is 0 Å². The summed E-state index contributed by atoms with van der Waals surface area (Å²) in [4.78, 5) is 37.7.